The minimum atomic E-state index is -0.687. The molecule has 2 aromatic carbocycles. The van der Waals surface area contributed by atoms with Gasteiger partial charge in [-0.05, 0) is 38.0 Å². The van der Waals surface area contributed by atoms with E-state index in [9.17, 15) is 19.7 Å². The summed E-state index contributed by atoms with van der Waals surface area (Å²) in [6.07, 6.45) is 1.60. The maximum atomic E-state index is 13.5. The van der Waals surface area contributed by atoms with Gasteiger partial charge in [0.05, 0.1) is 33.4 Å². The zero-order valence-electron chi connectivity index (χ0n) is 18.3. The van der Waals surface area contributed by atoms with Crippen LogP contribution in [0.2, 0.25) is 0 Å². The number of fused-ring (bicyclic) bond motifs is 1. The quantitative estimate of drug-likeness (QED) is 0.329. The summed E-state index contributed by atoms with van der Waals surface area (Å²) >= 11 is 1.18. The zero-order valence-corrected chi connectivity index (χ0v) is 19.1. The van der Waals surface area contributed by atoms with Crippen LogP contribution in [0.25, 0.3) is 6.08 Å². The summed E-state index contributed by atoms with van der Waals surface area (Å²) in [5, 5.41) is 11.1. The first kappa shape index (κ1) is 22.3. The van der Waals surface area contributed by atoms with Crippen molar-refractivity contribution < 1.29 is 14.5 Å². The third-order valence-corrected chi connectivity index (χ3v) is 6.27. The fourth-order valence-corrected chi connectivity index (χ4v) is 4.78. The van der Waals surface area contributed by atoms with Gasteiger partial charge in [0.1, 0.15) is 0 Å². The molecule has 2 heterocycles. The molecule has 3 aromatic rings. The summed E-state index contributed by atoms with van der Waals surface area (Å²) in [5.41, 5.74) is 2.76. The fraction of sp³-hybridized carbons (Fsp3) is 0.208. The molecule has 0 N–H and O–H groups in total. The van der Waals surface area contributed by atoms with Crippen LogP contribution in [-0.2, 0) is 9.53 Å². The van der Waals surface area contributed by atoms with Crippen LogP contribution in [0, 0.1) is 17.0 Å². The second-order valence-corrected chi connectivity index (χ2v) is 8.57. The number of esters is 1. The van der Waals surface area contributed by atoms with Crippen molar-refractivity contribution in [1.29, 1.82) is 0 Å². The van der Waals surface area contributed by atoms with E-state index in [1.807, 2.05) is 31.2 Å². The van der Waals surface area contributed by atoms with Crippen molar-refractivity contribution in [2.24, 2.45) is 4.99 Å². The number of ether oxygens (including phenoxy) is 1. The second-order valence-electron chi connectivity index (χ2n) is 7.57. The van der Waals surface area contributed by atoms with E-state index < -0.39 is 16.9 Å². The zero-order chi connectivity index (χ0) is 23.7. The van der Waals surface area contributed by atoms with Crippen molar-refractivity contribution in [2.45, 2.75) is 26.8 Å². The maximum absolute atomic E-state index is 13.5. The predicted molar refractivity (Wildman–Crippen MR) is 125 cm³/mol. The molecule has 0 spiro atoms. The number of nitrogens with zero attached hydrogens (tertiary/aromatic N) is 3. The molecular weight excluding hydrogens is 442 g/mol. The Balaban J connectivity index is 1.94. The Hall–Kier alpha value is -3.85. The molecule has 168 valence electrons. The highest BCUT2D eigenvalue weighted by Crippen LogP contribution is 2.30. The predicted octanol–water partition coefficient (Wildman–Crippen LogP) is 3.01. The Morgan fingerprint density at radius 2 is 1.97 bits per heavy atom. The summed E-state index contributed by atoms with van der Waals surface area (Å²) in [6, 6.07) is 13.0. The lowest BCUT2D eigenvalue weighted by Gasteiger charge is -2.24. The molecule has 0 aliphatic carbocycles. The van der Waals surface area contributed by atoms with Gasteiger partial charge in [-0.1, -0.05) is 53.3 Å². The third-order valence-electron chi connectivity index (χ3n) is 5.29. The number of hydrogen-bond acceptors (Lipinski definition) is 7. The summed E-state index contributed by atoms with van der Waals surface area (Å²) in [6.45, 7) is 5.61. The Labute approximate surface area is 192 Å². The molecular formula is C24H21N3O5S. The summed E-state index contributed by atoms with van der Waals surface area (Å²) < 4.78 is 7.14. The van der Waals surface area contributed by atoms with E-state index in [-0.39, 0.29) is 17.9 Å². The van der Waals surface area contributed by atoms with Gasteiger partial charge in [0.25, 0.3) is 11.2 Å². The summed E-state index contributed by atoms with van der Waals surface area (Å²) in [5.74, 6) is -0.516. The summed E-state index contributed by atoms with van der Waals surface area (Å²) in [7, 11) is 0. The largest absolute Gasteiger partial charge is 0.463 e. The minimum absolute atomic E-state index is 0.0606. The molecule has 0 fully saturated rings. The van der Waals surface area contributed by atoms with E-state index in [0.717, 1.165) is 11.1 Å². The van der Waals surface area contributed by atoms with Crippen LogP contribution >= 0.6 is 11.3 Å². The van der Waals surface area contributed by atoms with Crippen LogP contribution in [0.3, 0.4) is 0 Å². The van der Waals surface area contributed by atoms with Gasteiger partial charge in [0.15, 0.2) is 4.80 Å². The highest BCUT2D eigenvalue weighted by atomic mass is 32.1. The Kier molecular flexibility index (Phi) is 6.06. The number of thiazole rings is 1. The summed E-state index contributed by atoms with van der Waals surface area (Å²) in [4.78, 5) is 42.0. The van der Waals surface area contributed by atoms with E-state index in [1.165, 1.54) is 28.0 Å². The number of carbonyl (C=O) groups is 1. The van der Waals surface area contributed by atoms with Crippen LogP contribution in [0.4, 0.5) is 5.69 Å². The number of aromatic nitrogens is 1. The number of non-ortho nitro benzene ring substituents is 1. The van der Waals surface area contributed by atoms with Crippen molar-refractivity contribution in [3.63, 3.8) is 0 Å². The van der Waals surface area contributed by atoms with Gasteiger partial charge < -0.3 is 4.74 Å². The molecule has 4 rings (SSSR count). The van der Waals surface area contributed by atoms with Gasteiger partial charge in [0.2, 0.25) is 0 Å². The molecule has 0 bridgehead atoms. The molecule has 1 aliphatic rings. The molecule has 0 unspecified atom stereocenters. The lowest BCUT2D eigenvalue weighted by Crippen LogP contribution is -2.39. The van der Waals surface area contributed by atoms with E-state index >= 15 is 0 Å². The lowest BCUT2D eigenvalue weighted by atomic mass is 9.95. The highest BCUT2D eigenvalue weighted by molar-refractivity contribution is 7.07. The first-order valence-corrected chi connectivity index (χ1v) is 11.1. The van der Waals surface area contributed by atoms with Crippen LogP contribution in [0.1, 0.15) is 36.6 Å². The number of allylic oxidation sites excluding steroid dienone is 1. The average Bonchev–Trinajstić information content (AvgIpc) is 3.08. The van der Waals surface area contributed by atoms with Crippen LogP contribution < -0.4 is 14.9 Å². The average molecular weight is 464 g/mol. The number of hydrogen-bond donors (Lipinski definition) is 0. The number of nitro benzene ring substituents is 1. The molecule has 0 saturated carbocycles. The molecule has 1 aliphatic heterocycles. The molecule has 33 heavy (non-hydrogen) atoms. The van der Waals surface area contributed by atoms with Gasteiger partial charge >= 0.3 is 5.97 Å². The number of aryl methyl sites for hydroxylation is 1. The van der Waals surface area contributed by atoms with Crippen molar-refractivity contribution in [3.8, 4) is 0 Å². The standard InChI is InChI=1S/C24H21N3O5S/c1-4-32-23(29)20-15(3)25-24-26(21(20)17-10-8-14(2)9-11-17)22(28)19(33-24)13-16-6-5-7-18(12-16)27(30)31/h5-13,21H,4H2,1-3H3/t21-/m1/s1. The van der Waals surface area contributed by atoms with Crippen molar-refractivity contribution in [1.82, 2.24) is 4.57 Å². The van der Waals surface area contributed by atoms with E-state index in [4.69, 9.17) is 4.74 Å². The Bertz CT molecular complexity index is 1460. The van der Waals surface area contributed by atoms with Gasteiger partial charge in [-0.2, -0.15) is 0 Å². The molecule has 0 saturated heterocycles. The fourth-order valence-electron chi connectivity index (χ4n) is 3.74. The molecule has 0 radical (unpaired) electrons. The van der Waals surface area contributed by atoms with Gasteiger partial charge in [0, 0.05) is 12.1 Å². The molecule has 8 nitrogen and oxygen atoms in total. The monoisotopic (exact) mass is 463 g/mol. The van der Waals surface area contributed by atoms with Gasteiger partial charge in [-0.3, -0.25) is 19.5 Å². The second kappa shape index (κ2) is 8.95. The SMILES string of the molecule is CCOC(=O)C1=C(C)N=c2sc(=Cc3cccc([N+](=O)[O-])c3)c(=O)n2[C@@H]1c1ccc(C)cc1. The number of benzene rings is 2. The number of carbonyl (C=O) groups excluding carboxylic acids is 1. The number of nitro groups is 1. The molecule has 0 amide bonds. The number of rotatable bonds is 5. The lowest BCUT2D eigenvalue weighted by molar-refractivity contribution is -0.384. The van der Waals surface area contributed by atoms with Gasteiger partial charge in [-0.25, -0.2) is 9.79 Å². The van der Waals surface area contributed by atoms with Crippen LogP contribution in [0.15, 0.2) is 69.6 Å². The molecule has 9 heteroatoms. The normalized spacial score (nSPS) is 15.7. The third kappa shape index (κ3) is 4.27. The highest BCUT2D eigenvalue weighted by Gasteiger charge is 2.33. The molecule has 1 atom stereocenters. The van der Waals surface area contributed by atoms with Crippen molar-refractivity contribution in [3.05, 3.63) is 106 Å². The van der Waals surface area contributed by atoms with E-state index in [0.29, 0.717) is 26.2 Å². The smallest absolute Gasteiger partial charge is 0.338 e. The van der Waals surface area contributed by atoms with Crippen LogP contribution in [0.5, 0.6) is 0 Å². The first-order valence-electron chi connectivity index (χ1n) is 10.3. The maximum Gasteiger partial charge on any atom is 0.338 e. The van der Waals surface area contributed by atoms with Gasteiger partial charge in [-0.15, -0.1) is 0 Å². The van der Waals surface area contributed by atoms with Crippen molar-refractivity contribution in [2.75, 3.05) is 6.61 Å². The van der Waals surface area contributed by atoms with E-state index in [1.54, 1.807) is 32.1 Å². The van der Waals surface area contributed by atoms with E-state index in [2.05, 4.69) is 4.99 Å². The Morgan fingerprint density at radius 3 is 2.64 bits per heavy atom. The topological polar surface area (TPSA) is 104 Å². The minimum Gasteiger partial charge on any atom is -0.463 e. The van der Waals surface area contributed by atoms with Crippen LogP contribution in [-0.4, -0.2) is 22.1 Å². The van der Waals surface area contributed by atoms with Crippen molar-refractivity contribution >= 4 is 29.1 Å². The Morgan fingerprint density at radius 1 is 1.24 bits per heavy atom. The molecule has 1 aromatic heterocycles. The first-order chi connectivity index (χ1) is 15.8.